The summed E-state index contributed by atoms with van der Waals surface area (Å²) < 4.78 is 11.8. The van der Waals surface area contributed by atoms with Gasteiger partial charge in [-0.15, -0.1) is 0 Å². The van der Waals surface area contributed by atoms with Crippen molar-refractivity contribution in [2.75, 3.05) is 0 Å². The second-order valence-corrected chi connectivity index (χ2v) is 12.5. The van der Waals surface area contributed by atoms with Crippen LogP contribution in [0.3, 0.4) is 0 Å². The van der Waals surface area contributed by atoms with Gasteiger partial charge < -0.3 is 9.47 Å². The standard InChI is InChI=1S/C29H43ClO4/c1-18(8-6-7-15-30)24-11-12-25-23-10-9-21-16-22(33-19(2)31)13-14-28(21,4)26(23)17-27(29(24,25)5)34-20(3)32/h18,21-27H,6,8-14,16-17H2,1-5H3/t18-,21-,22-,23+,24-,25+,26+,27+,28+,29-/m1/s1. The average molecular weight is 491 g/mol. The number of fused-ring (bicyclic) bond motifs is 5. The first-order chi connectivity index (χ1) is 16.1. The van der Waals surface area contributed by atoms with E-state index in [4.69, 9.17) is 21.1 Å². The lowest BCUT2D eigenvalue weighted by atomic mass is 9.43. The summed E-state index contributed by atoms with van der Waals surface area (Å²) in [4.78, 5) is 23.9. The lowest BCUT2D eigenvalue weighted by Gasteiger charge is -2.62. The molecular weight excluding hydrogens is 448 g/mol. The third kappa shape index (κ3) is 4.52. The highest BCUT2D eigenvalue weighted by atomic mass is 35.5. The zero-order chi connectivity index (χ0) is 24.7. The van der Waals surface area contributed by atoms with Gasteiger partial charge in [-0.25, -0.2) is 0 Å². The summed E-state index contributed by atoms with van der Waals surface area (Å²) >= 11 is 5.60. The van der Waals surface area contributed by atoms with E-state index in [0.717, 1.165) is 38.5 Å². The van der Waals surface area contributed by atoms with E-state index in [1.165, 1.54) is 32.6 Å². The molecule has 0 unspecified atom stereocenters. The largest absolute Gasteiger partial charge is 0.463 e. The molecule has 0 radical (unpaired) electrons. The number of hydrogen-bond donors (Lipinski definition) is 0. The van der Waals surface area contributed by atoms with E-state index in [-0.39, 0.29) is 35.0 Å². The van der Waals surface area contributed by atoms with Gasteiger partial charge in [0.1, 0.15) is 12.2 Å². The molecule has 0 saturated heterocycles. The summed E-state index contributed by atoms with van der Waals surface area (Å²) in [5, 5.41) is 2.52. The fourth-order valence-corrected chi connectivity index (χ4v) is 9.48. The molecular formula is C29H43ClO4. The highest BCUT2D eigenvalue weighted by molar-refractivity contribution is 6.30. The first-order valence-corrected chi connectivity index (χ1v) is 13.9. The highest BCUT2D eigenvalue weighted by Crippen LogP contribution is 2.69. The van der Waals surface area contributed by atoms with E-state index < -0.39 is 0 Å². The van der Waals surface area contributed by atoms with Crippen LogP contribution in [0.4, 0.5) is 0 Å². The van der Waals surface area contributed by atoms with Gasteiger partial charge in [0.2, 0.25) is 0 Å². The summed E-state index contributed by atoms with van der Waals surface area (Å²) in [5.41, 5.74) is 0.262. The molecule has 4 saturated carbocycles. The van der Waals surface area contributed by atoms with Crippen LogP contribution in [0.1, 0.15) is 98.8 Å². The molecule has 4 rings (SSSR count). The van der Waals surface area contributed by atoms with Crippen molar-refractivity contribution in [2.24, 2.45) is 46.3 Å². The minimum Gasteiger partial charge on any atom is -0.463 e. The Labute approximate surface area is 211 Å². The van der Waals surface area contributed by atoms with Gasteiger partial charge in [0.25, 0.3) is 0 Å². The molecule has 0 aromatic heterocycles. The van der Waals surface area contributed by atoms with Crippen molar-refractivity contribution >= 4 is 23.5 Å². The van der Waals surface area contributed by atoms with Crippen LogP contribution in [0.5, 0.6) is 0 Å². The van der Waals surface area contributed by atoms with E-state index in [0.29, 0.717) is 35.5 Å². The van der Waals surface area contributed by atoms with Crippen LogP contribution in [0.2, 0.25) is 0 Å². The van der Waals surface area contributed by atoms with Gasteiger partial charge in [-0.3, -0.25) is 9.59 Å². The van der Waals surface area contributed by atoms with Gasteiger partial charge >= 0.3 is 11.9 Å². The van der Waals surface area contributed by atoms with E-state index >= 15 is 0 Å². The molecule has 0 bridgehead atoms. The van der Waals surface area contributed by atoms with Gasteiger partial charge in [0.05, 0.1) is 0 Å². The first kappa shape index (κ1) is 25.9. The molecule has 10 atom stereocenters. The number of rotatable bonds is 5. The Kier molecular flexibility index (Phi) is 7.64. The van der Waals surface area contributed by atoms with Gasteiger partial charge in [0, 0.05) is 31.1 Å². The third-order valence-electron chi connectivity index (χ3n) is 10.9. The fourth-order valence-electron chi connectivity index (χ4n) is 9.38. The number of esters is 2. The molecule has 190 valence electrons. The molecule has 4 fully saturated rings. The number of halogens is 1. The van der Waals surface area contributed by atoms with Crippen LogP contribution in [-0.2, 0) is 19.1 Å². The zero-order valence-corrected chi connectivity index (χ0v) is 22.5. The van der Waals surface area contributed by atoms with Crippen LogP contribution in [0.25, 0.3) is 0 Å². The average Bonchev–Trinajstić information content (AvgIpc) is 3.12. The second kappa shape index (κ2) is 10.0. The number of carbonyl (C=O) groups is 2. The summed E-state index contributed by atoms with van der Waals surface area (Å²) in [5.74, 6) is 6.26. The van der Waals surface area contributed by atoms with Crippen molar-refractivity contribution in [3.63, 3.8) is 0 Å². The quantitative estimate of drug-likeness (QED) is 0.316. The topological polar surface area (TPSA) is 52.6 Å². The normalized spacial score (nSPS) is 43.9. The van der Waals surface area contributed by atoms with Crippen molar-refractivity contribution in [1.82, 2.24) is 0 Å². The van der Waals surface area contributed by atoms with Crippen LogP contribution in [0.15, 0.2) is 0 Å². The van der Waals surface area contributed by atoms with Crippen LogP contribution < -0.4 is 0 Å². The lowest BCUT2D eigenvalue weighted by molar-refractivity contribution is -0.197. The Bertz CT molecular complexity index is 845. The molecule has 4 aliphatic rings. The van der Waals surface area contributed by atoms with Gasteiger partial charge in [-0.05, 0) is 110 Å². The molecule has 0 aliphatic heterocycles. The lowest BCUT2D eigenvalue weighted by Crippen LogP contribution is -2.59. The molecule has 4 nitrogen and oxygen atoms in total. The minimum absolute atomic E-state index is 0.0212. The molecule has 4 aliphatic carbocycles. The fraction of sp³-hybridized carbons (Fsp3) is 0.862. The van der Waals surface area contributed by atoms with Crippen molar-refractivity contribution in [3.8, 4) is 11.3 Å². The van der Waals surface area contributed by atoms with Crippen LogP contribution in [-0.4, -0.2) is 24.1 Å². The highest BCUT2D eigenvalue weighted by Gasteiger charge is 2.65. The number of hydrogen-bond acceptors (Lipinski definition) is 4. The van der Waals surface area contributed by atoms with Crippen LogP contribution >= 0.6 is 11.6 Å². The molecule has 0 aromatic carbocycles. The Morgan fingerprint density at radius 3 is 2.41 bits per heavy atom. The Morgan fingerprint density at radius 2 is 1.74 bits per heavy atom. The molecule has 0 amide bonds. The molecule has 5 heteroatoms. The maximum atomic E-state index is 12.3. The number of carbonyl (C=O) groups excluding carboxylic acids is 2. The molecule has 0 spiro atoms. The Hall–Kier alpha value is -1.21. The minimum atomic E-state index is -0.159. The summed E-state index contributed by atoms with van der Waals surface area (Å²) in [7, 11) is 0. The van der Waals surface area contributed by atoms with E-state index in [1.54, 1.807) is 6.92 Å². The van der Waals surface area contributed by atoms with Crippen molar-refractivity contribution in [3.05, 3.63) is 0 Å². The maximum Gasteiger partial charge on any atom is 0.302 e. The van der Waals surface area contributed by atoms with Gasteiger partial charge in [0.15, 0.2) is 0 Å². The van der Waals surface area contributed by atoms with Gasteiger partial charge in [-0.2, -0.15) is 0 Å². The maximum absolute atomic E-state index is 12.3. The van der Waals surface area contributed by atoms with Crippen molar-refractivity contribution in [2.45, 2.75) is 111 Å². The van der Waals surface area contributed by atoms with Crippen LogP contribution in [0, 0.1) is 57.6 Å². The number of ether oxygens (including phenoxy) is 2. The molecule has 0 N–H and O–H groups in total. The Balaban J connectivity index is 1.60. The Morgan fingerprint density at radius 1 is 1.00 bits per heavy atom. The summed E-state index contributed by atoms with van der Waals surface area (Å²) in [6.45, 7) is 10.4. The van der Waals surface area contributed by atoms with Crippen molar-refractivity contribution < 1.29 is 19.1 Å². The SMILES string of the molecule is CC(=O)O[C@@H]1CC[C@@]2(C)[C@H](CC[C@@H]3[C@@H]2C[C@H](OC(C)=O)[C@]2(C)[C@@H]([C@H](C)CCC#CCl)CC[C@@H]32)C1. The molecule has 0 aromatic rings. The van der Waals surface area contributed by atoms with E-state index in [1.807, 2.05) is 0 Å². The summed E-state index contributed by atoms with van der Waals surface area (Å²) in [6, 6.07) is 0. The van der Waals surface area contributed by atoms with Crippen molar-refractivity contribution in [1.29, 1.82) is 0 Å². The third-order valence-corrected chi connectivity index (χ3v) is 11.0. The predicted molar refractivity (Wildman–Crippen MR) is 134 cm³/mol. The molecule has 34 heavy (non-hydrogen) atoms. The smallest absolute Gasteiger partial charge is 0.302 e. The first-order valence-electron chi connectivity index (χ1n) is 13.5. The van der Waals surface area contributed by atoms with E-state index in [2.05, 4.69) is 32.1 Å². The monoisotopic (exact) mass is 490 g/mol. The second-order valence-electron chi connectivity index (χ2n) is 12.3. The van der Waals surface area contributed by atoms with E-state index in [9.17, 15) is 9.59 Å². The summed E-state index contributed by atoms with van der Waals surface area (Å²) in [6.07, 6.45) is 10.9. The predicted octanol–water partition coefficient (Wildman–Crippen LogP) is 6.73. The molecule has 0 heterocycles. The zero-order valence-electron chi connectivity index (χ0n) is 21.7. The van der Waals surface area contributed by atoms with Gasteiger partial charge in [-0.1, -0.05) is 26.7 Å².